The number of rotatable bonds is 6. The zero-order valence-corrected chi connectivity index (χ0v) is 16.9. The van der Waals surface area contributed by atoms with Crippen LogP contribution in [0.5, 0.6) is 0 Å². The van der Waals surface area contributed by atoms with E-state index in [4.69, 9.17) is 23.2 Å². The molecule has 31 heavy (non-hydrogen) atoms. The Labute approximate surface area is 181 Å². The molecule has 0 spiro atoms. The molecule has 0 radical (unpaired) electrons. The molecule has 1 aromatic carbocycles. The number of pyridine rings is 1. The Morgan fingerprint density at radius 3 is 2.81 bits per heavy atom. The van der Waals surface area contributed by atoms with Gasteiger partial charge in [-0.05, 0) is 23.8 Å². The second-order valence-electron chi connectivity index (χ2n) is 6.74. The van der Waals surface area contributed by atoms with Crippen molar-refractivity contribution in [3.8, 4) is 0 Å². The van der Waals surface area contributed by atoms with E-state index in [1.165, 1.54) is 28.0 Å². The Bertz CT molecular complexity index is 1310. The zero-order valence-electron chi connectivity index (χ0n) is 16.2. The van der Waals surface area contributed by atoms with Crippen molar-refractivity contribution in [2.24, 2.45) is 11.6 Å². The number of amides is 1. The Balaban J connectivity index is 1.40. The molecule has 3 aromatic heterocycles. The summed E-state index contributed by atoms with van der Waals surface area (Å²) in [6.07, 6.45) is 7.56. The largest absolute Gasteiger partial charge is 0.393 e. The predicted molar refractivity (Wildman–Crippen MR) is 114 cm³/mol. The second-order valence-corrected chi connectivity index (χ2v) is 7.15. The maximum absolute atomic E-state index is 14.3. The Kier molecular flexibility index (Phi) is 5.65. The van der Waals surface area contributed by atoms with Gasteiger partial charge in [0.05, 0.1) is 41.2 Å². The summed E-state index contributed by atoms with van der Waals surface area (Å²) in [4.78, 5) is 24.9. The first-order valence-corrected chi connectivity index (χ1v) is 9.56. The molecule has 3 heterocycles. The minimum Gasteiger partial charge on any atom is -0.393 e. The number of nitrogens with two attached hydrogens (primary N) is 2. The van der Waals surface area contributed by atoms with Crippen molar-refractivity contribution in [3.05, 3.63) is 83.2 Å². The standard InChI is InChI=1S/C20H18ClFN8O/c21-13-3-6-29-11-28-17(19(29)18(13)22)8-27-20(31)14(23)10-30(24)9-12-1-2-15-16(7-12)26-5-4-25-15/h1-7,10-11H,8-9,23-24H2,(H,27,31)/b14-10-. The lowest BCUT2D eigenvalue weighted by molar-refractivity contribution is -0.117. The van der Waals surface area contributed by atoms with Crippen LogP contribution in [0.15, 0.2) is 61.1 Å². The number of hydrogen-bond acceptors (Lipinski definition) is 7. The van der Waals surface area contributed by atoms with E-state index in [1.807, 2.05) is 18.2 Å². The first kappa shape index (κ1) is 20.5. The van der Waals surface area contributed by atoms with E-state index in [-0.39, 0.29) is 22.8 Å². The lowest BCUT2D eigenvalue weighted by Crippen LogP contribution is -2.32. The van der Waals surface area contributed by atoms with E-state index in [9.17, 15) is 9.18 Å². The monoisotopic (exact) mass is 440 g/mol. The molecule has 1 amide bonds. The van der Waals surface area contributed by atoms with Gasteiger partial charge in [-0.3, -0.25) is 14.8 Å². The number of benzene rings is 1. The van der Waals surface area contributed by atoms with Crippen molar-refractivity contribution in [1.29, 1.82) is 0 Å². The smallest absolute Gasteiger partial charge is 0.269 e. The summed E-state index contributed by atoms with van der Waals surface area (Å²) < 4.78 is 15.8. The third-order valence-corrected chi connectivity index (χ3v) is 4.84. The lowest BCUT2D eigenvalue weighted by atomic mass is 10.2. The molecule has 0 aliphatic rings. The van der Waals surface area contributed by atoms with Crippen LogP contribution in [-0.4, -0.2) is 30.3 Å². The van der Waals surface area contributed by atoms with Crippen LogP contribution in [0.2, 0.25) is 5.02 Å². The van der Waals surface area contributed by atoms with Gasteiger partial charge in [0.2, 0.25) is 0 Å². The van der Waals surface area contributed by atoms with Crippen LogP contribution in [0.3, 0.4) is 0 Å². The summed E-state index contributed by atoms with van der Waals surface area (Å²) in [5.41, 5.74) is 8.64. The second kappa shape index (κ2) is 8.54. The predicted octanol–water partition coefficient (Wildman–Crippen LogP) is 1.86. The molecule has 0 saturated carbocycles. The number of imidazole rings is 1. The number of nitrogens with one attached hydrogen (secondary N) is 1. The molecule has 0 bridgehead atoms. The van der Waals surface area contributed by atoms with Crippen molar-refractivity contribution >= 4 is 34.1 Å². The third kappa shape index (κ3) is 4.39. The minimum absolute atomic E-state index is 0.0292. The summed E-state index contributed by atoms with van der Waals surface area (Å²) in [7, 11) is 0. The van der Waals surface area contributed by atoms with Crippen molar-refractivity contribution in [1.82, 2.24) is 29.7 Å². The summed E-state index contributed by atoms with van der Waals surface area (Å²) >= 11 is 5.83. The number of carbonyl (C=O) groups excluding carboxylic acids is 1. The normalized spacial score (nSPS) is 11.8. The van der Waals surface area contributed by atoms with Crippen LogP contribution >= 0.6 is 11.6 Å². The van der Waals surface area contributed by atoms with Gasteiger partial charge < -0.3 is 20.5 Å². The van der Waals surface area contributed by atoms with Gasteiger partial charge in [-0.2, -0.15) is 0 Å². The Hall–Kier alpha value is -3.76. The number of nitrogens with zero attached hydrogens (tertiary/aromatic N) is 5. The van der Waals surface area contributed by atoms with Crippen LogP contribution in [0.25, 0.3) is 16.6 Å². The first-order chi connectivity index (χ1) is 14.9. The van der Waals surface area contributed by atoms with Crippen molar-refractivity contribution in [2.45, 2.75) is 13.1 Å². The third-order valence-electron chi connectivity index (χ3n) is 4.55. The number of hydrazine groups is 1. The van der Waals surface area contributed by atoms with E-state index in [0.29, 0.717) is 12.2 Å². The summed E-state index contributed by atoms with van der Waals surface area (Å²) in [5, 5.41) is 3.86. The van der Waals surface area contributed by atoms with Gasteiger partial charge in [-0.1, -0.05) is 17.7 Å². The number of aromatic nitrogens is 4. The SMILES string of the molecule is N/C(=C\N(N)Cc1ccc2nccnc2c1)C(=O)NCc1ncn2ccc(Cl)c(F)c12. The topological polar surface area (TPSA) is 127 Å². The number of hydrogen-bond donors (Lipinski definition) is 3. The molecule has 4 rings (SSSR count). The van der Waals surface area contributed by atoms with E-state index >= 15 is 0 Å². The minimum atomic E-state index is -0.609. The summed E-state index contributed by atoms with van der Waals surface area (Å²) in [6, 6.07) is 6.98. The number of fused-ring (bicyclic) bond motifs is 2. The van der Waals surface area contributed by atoms with Crippen LogP contribution in [0.4, 0.5) is 4.39 Å². The average Bonchev–Trinajstić information content (AvgIpc) is 3.18. The highest BCUT2D eigenvalue weighted by molar-refractivity contribution is 6.31. The van der Waals surface area contributed by atoms with Crippen LogP contribution in [0, 0.1) is 5.82 Å². The van der Waals surface area contributed by atoms with E-state index in [0.717, 1.165) is 16.6 Å². The quantitative estimate of drug-likeness (QED) is 0.237. The summed E-state index contributed by atoms with van der Waals surface area (Å²) in [5.74, 6) is 4.80. The van der Waals surface area contributed by atoms with Crippen molar-refractivity contribution in [2.75, 3.05) is 0 Å². The van der Waals surface area contributed by atoms with Crippen LogP contribution < -0.4 is 16.9 Å². The van der Waals surface area contributed by atoms with Crippen molar-refractivity contribution < 1.29 is 9.18 Å². The average molecular weight is 441 g/mol. The fraction of sp³-hybridized carbons (Fsp3) is 0.100. The molecule has 0 aliphatic carbocycles. The molecular formula is C20H18ClFN8O. The maximum atomic E-state index is 14.3. The number of halogens is 2. The maximum Gasteiger partial charge on any atom is 0.269 e. The molecule has 0 saturated heterocycles. The van der Waals surface area contributed by atoms with Gasteiger partial charge in [0.25, 0.3) is 5.91 Å². The Morgan fingerprint density at radius 1 is 1.23 bits per heavy atom. The van der Waals surface area contributed by atoms with Gasteiger partial charge in [-0.15, -0.1) is 0 Å². The van der Waals surface area contributed by atoms with E-state index < -0.39 is 11.7 Å². The van der Waals surface area contributed by atoms with E-state index in [2.05, 4.69) is 20.3 Å². The number of carbonyl (C=O) groups is 1. The molecule has 0 fully saturated rings. The molecule has 5 N–H and O–H groups in total. The van der Waals surface area contributed by atoms with Gasteiger partial charge >= 0.3 is 0 Å². The lowest BCUT2D eigenvalue weighted by Gasteiger charge is -2.15. The molecule has 11 heteroatoms. The Morgan fingerprint density at radius 2 is 2.00 bits per heavy atom. The molecule has 9 nitrogen and oxygen atoms in total. The first-order valence-electron chi connectivity index (χ1n) is 9.18. The highest BCUT2D eigenvalue weighted by Gasteiger charge is 2.14. The molecule has 0 atom stereocenters. The van der Waals surface area contributed by atoms with Gasteiger partial charge in [0.15, 0.2) is 5.82 Å². The molecular weight excluding hydrogens is 423 g/mol. The highest BCUT2D eigenvalue weighted by atomic mass is 35.5. The van der Waals surface area contributed by atoms with E-state index in [1.54, 1.807) is 18.6 Å². The van der Waals surface area contributed by atoms with Gasteiger partial charge in [0.1, 0.15) is 11.2 Å². The van der Waals surface area contributed by atoms with Crippen molar-refractivity contribution in [3.63, 3.8) is 0 Å². The molecule has 0 aliphatic heterocycles. The van der Waals surface area contributed by atoms with Gasteiger partial charge in [0, 0.05) is 24.8 Å². The summed E-state index contributed by atoms with van der Waals surface area (Å²) in [6.45, 7) is 0.269. The van der Waals surface area contributed by atoms with Gasteiger partial charge in [-0.25, -0.2) is 15.2 Å². The highest BCUT2D eigenvalue weighted by Crippen LogP contribution is 2.21. The fourth-order valence-electron chi connectivity index (χ4n) is 3.08. The molecule has 4 aromatic rings. The van der Waals surface area contributed by atoms with Crippen LogP contribution in [-0.2, 0) is 17.9 Å². The fourth-order valence-corrected chi connectivity index (χ4v) is 3.23. The molecule has 0 unspecified atom stereocenters. The van der Waals surface area contributed by atoms with Crippen LogP contribution in [0.1, 0.15) is 11.3 Å². The molecule has 158 valence electrons. The zero-order chi connectivity index (χ0) is 22.0.